The molecule has 0 radical (unpaired) electrons. The topological polar surface area (TPSA) is 76.6 Å². The van der Waals surface area contributed by atoms with Crippen molar-refractivity contribution in [2.24, 2.45) is 5.92 Å². The second-order valence-corrected chi connectivity index (χ2v) is 7.92. The van der Waals surface area contributed by atoms with E-state index in [1.807, 2.05) is 24.3 Å². The minimum absolute atomic E-state index is 0.0391. The molecular weight excluding hydrogens is 356 g/mol. The highest BCUT2D eigenvalue weighted by molar-refractivity contribution is 5.81. The standard InChI is InChI=1S/C21H28N4O3/c1-13-11-25(12-14(2)28-13)20-19(23-17-6-4-5-7-18(17)24-20)22-16-9-8-15(10-16)21(26)27-3/h4-7,13-16H,8-12H2,1-3H3,(H,22,23)/t13?,14?,15-,16+/m0/s1. The van der Waals surface area contributed by atoms with Gasteiger partial charge in [-0.15, -0.1) is 0 Å². The number of anilines is 2. The van der Waals surface area contributed by atoms with Crippen molar-refractivity contribution in [2.45, 2.75) is 51.4 Å². The van der Waals surface area contributed by atoms with Crippen LogP contribution in [0.4, 0.5) is 11.6 Å². The number of morpholine rings is 1. The van der Waals surface area contributed by atoms with E-state index in [0.717, 1.165) is 55.0 Å². The molecule has 4 rings (SSSR count). The summed E-state index contributed by atoms with van der Waals surface area (Å²) < 4.78 is 10.8. The fourth-order valence-electron chi connectivity index (χ4n) is 4.35. The van der Waals surface area contributed by atoms with E-state index in [-0.39, 0.29) is 30.1 Å². The Kier molecular flexibility index (Phi) is 5.35. The maximum atomic E-state index is 11.9. The molecule has 1 aliphatic carbocycles. The maximum Gasteiger partial charge on any atom is 0.308 e. The Balaban J connectivity index is 1.63. The first-order valence-electron chi connectivity index (χ1n) is 10.0. The molecule has 2 fully saturated rings. The van der Waals surface area contributed by atoms with Crippen LogP contribution in [0.2, 0.25) is 0 Å². The summed E-state index contributed by atoms with van der Waals surface area (Å²) in [5, 5.41) is 3.57. The van der Waals surface area contributed by atoms with Crippen molar-refractivity contribution >= 4 is 28.6 Å². The molecule has 1 N–H and O–H groups in total. The molecule has 0 amide bonds. The quantitative estimate of drug-likeness (QED) is 0.812. The summed E-state index contributed by atoms with van der Waals surface area (Å²) in [4.78, 5) is 23.9. The second kappa shape index (κ2) is 7.91. The number of hydrogen-bond acceptors (Lipinski definition) is 7. The molecule has 0 spiro atoms. The van der Waals surface area contributed by atoms with Gasteiger partial charge in [0.05, 0.1) is 36.3 Å². The summed E-state index contributed by atoms with van der Waals surface area (Å²) in [5.74, 6) is 1.49. The predicted molar refractivity (Wildman–Crippen MR) is 109 cm³/mol. The van der Waals surface area contributed by atoms with Gasteiger partial charge in [-0.25, -0.2) is 9.97 Å². The number of nitrogens with zero attached hydrogens (tertiary/aromatic N) is 3. The van der Waals surface area contributed by atoms with Crippen LogP contribution in [0.5, 0.6) is 0 Å². The van der Waals surface area contributed by atoms with E-state index in [9.17, 15) is 4.79 Å². The molecule has 7 nitrogen and oxygen atoms in total. The smallest absolute Gasteiger partial charge is 0.308 e. The highest BCUT2D eigenvalue weighted by Crippen LogP contribution is 2.33. The van der Waals surface area contributed by atoms with Gasteiger partial charge >= 0.3 is 5.97 Å². The van der Waals surface area contributed by atoms with Crippen molar-refractivity contribution in [3.8, 4) is 0 Å². The van der Waals surface area contributed by atoms with E-state index < -0.39 is 0 Å². The van der Waals surface area contributed by atoms with Crippen LogP contribution in [0.3, 0.4) is 0 Å². The van der Waals surface area contributed by atoms with Crippen LogP contribution in [-0.2, 0) is 14.3 Å². The first-order chi connectivity index (χ1) is 13.5. The van der Waals surface area contributed by atoms with Gasteiger partial charge in [0.25, 0.3) is 0 Å². The van der Waals surface area contributed by atoms with Crippen LogP contribution in [-0.4, -0.2) is 54.4 Å². The number of benzene rings is 1. The number of nitrogens with one attached hydrogen (secondary N) is 1. The number of ether oxygens (including phenoxy) is 2. The number of para-hydroxylation sites is 2. The molecule has 1 aromatic carbocycles. The van der Waals surface area contributed by atoms with Gasteiger partial charge in [0.2, 0.25) is 0 Å². The molecule has 7 heteroatoms. The number of hydrogen-bond donors (Lipinski definition) is 1. The summed E-state index contributed by atoms with van der Waals surface area (Å²) in [6.45, 7) is 5.73. The molecule has 1 saturated carbocycles. The molecule has 2 aromatic rings. The molecule has 1 saturated heterocycles. The van der Waals surface area contributed by atoms with E-state index in [0.29, 0.717) is 0 Å². The molecule has 2 aliphatic rings. The average molecular weight is 384 g/mol. The first kappa shape index (κ1) is 18.9. The number of aromatic nitrogens is 2. The molecule has 1 aliphatic heterocycles. The Morgan fingerprint density at radius 1 is 1.14 bits per heavy atom. The fraction of sp³-hybridized carbons (Fsp3) is 0.571. The van der Waals surface area contributed by atoms with Gasteiger partial charge in [0.15, 0.2) is 11.6 Å². The Labute approximate surface area is 165 Å². The zero-order valence-corrected chi connectivity index (χ0v) is 16.7. The van der Waals surface area contributed by atoms with Gasteiger partial charge in [0, 0.05) is 19.1 Å². The minimum atomic E-state index is -0.120. The van der Waals surface area contributed by atoms with Gasteiger partial charge in [-0.2, -0.15) is 0 Å². The molecule has 2 unspecified atom stereocenters. The zero-order chi connectivity index (χ0) is 19.7. The first-order valence-corrected chi connectivity index (χ1v) is 10.0. The van der Waals surface area contributed by atoms with Crippen molar-refractivity contribution in [3.63, 3.8) is 0 Å². The maximum absolute atomic E-state index is 11.9. The van der Waals surface area contributed by atoms with E-state index in [2.05, 4.69) is 24.1 Å². The molecule has 1 aromatic heterocycles. The van der Waals surface area contributed by atoms with Crippen LogP contribution in [0, 0.1) is 5.92 Å². The van der Waals surface area contributed by atoms with E-state index in [1.165, 1.54) is 7.11 Å². The minimum Gasteiger partial charge on any atom is -0.469 e. The Morgan fingerprint density at radius 2 is 1.82 bits per heavy atom. The van der Waals surface area contributed by atoms with Crippen LogP contribution >= 0.6 is 0 Å². The van der Waals surface area contributed by atoms with Crippen molar-refractivity contribution in [1.82, 2.24) is 9.97 Å². The molecule has 150 valence electrons. The van der Waals surface area contributed by atoms with E-state index in [4.69, 9.17) is 19.4 Å². The van der Waals surface area contributed by atoms with Crippen molar-refractivity contribution < 1.29 is 14.3 Å². The summed E-state index contributed by atoms with van der Waals surface area (Å²) in [5.41, 5.74) is 1.75. The van der Waals surface area contributed by atoms with Gasteiger partial charge in [0.1, 0.15) is 0 Å². The zero-order valence-electron chi connectivity index (χ0n) is 16.7. The summed E-state index contributed by atoms with van der Waals surface area (Å²) in [6.07, 6.45) is 2.80. The van der Waals surface area contributed by atoms with Crippen molar-refractivity contribution in [1.29, 1.82) is 0 Å². The summed E-state index contributed by atoms with van der Waals surface area (Å²) in [6, 6.07) is 8.12. The summed E-state index contributed by atoms with van der Waals surface area (Å²) in [7, 11) is 1.46. The van der Waals surface area contributed by atoms with E-state index >= 15 is 0 Å². The van der Waals surface area contributed by atoms with Gasteiger partial charge < -0.3 is 19.7 Å². The van der Waals surface area contributed by atoms with Gasteiger partial charge in [-0.1, -0.05) is 12.1 Å². The van der Waals surface area contributed by atoms with Crippen molar-refractivity contribution in [2.75, 3.05) is 30.4 Å². The lowest BCUT2D eigenvalue weighted by atomic mass is 10.1. The average Bonchev–Trinajstić information content (AvgIpc) is 3.14. The highest BCUT2D eigenvalue weighted by atomic mass is 16.5. The molecule has 0 bridgehead atoms. The van der Waals surface area contributed by atoms with Gasteiger partial charge in [-0.3, -0.25) is 4.79 Å². The van der Waals surface area contributed by atoms with E-state index in [1.54, 1.807) is 0 Å². The Morgan fingerprint density at radius 3 is 2.50 bits per heavy atom. The Hall–Kier alpha value is -2.41. The predicted octanol–water partition coefficient (Wildman–Crippen LogP) is 3.00. The normalized spacial score (nSPS) is 27.8. The molecule has 4 atom stereocenters. The largest absolute Gasteiger partial charge is 0.469 e. The number of carbonyl (C=O) groups excluding carboxylic acids is 1. The number of fused-ring (bicyclic) bond motifs is 1. The Bertz CT molecular complexity index is 849. The number of esters is 1. The lowest BCUT2D eigenvalue weighted by molar-refractivity contribution is -0.145. The second-order valence-electron chi connectivity index (χ2n) is 7.92. The molecule has 2 heterocycles. The summed E-state index contributed by atoms with van der Waals surface area (Å²) >= 11 is 0. The molecule has 28 heavy (non-hydrogen) atoms. The third-order valence-corrected chi connectivity index (χ3v) is 5.58. The van der Waals surface area contributed by atoms with Crippen LogP contribution in [0.25, 0.3) is 11.0 Å². The van der Waals surface area contributed by atoms with Gasteiger partial charge in [-0.05, 0) is 45.2 Å². The SMILES string of the molecule is COC(=O)[C@H]1CC[C@@H](Nc2nc3ccccc3nc2N2CC(C)OC(C)C2)C1. The van der Waals surface area contributed by atoms with Crippen molar-refractivity contribution in [3.05, 3.63) is 24.3 Å². The number of rotatable bonds is 4. The fourth-order valence-corrected chi connectivity index (χ4v) is 4.35. The number of methoxy groups -OCH3 is 1. The monoisotopic (exact) mass is 384 g/mol. The van der Waals surface area contributed by atoms with Crippen LogP contribution in [0.1, 0.15) is 33.1 Å². The van der Waals surface area contributed by atoms with Crippen LogP contribution in [0.15, 0.2) is 24.3 Å². The lowest BCUT2D eigenvalue weighted by Gasteiger charge is -2.37. The third kappa shape index (κ3) is 3.90. The number of carbonyl (C=O) groups is 1. The lowest BCUT2D eigenvalue weighted by Crippen LogP contribution is -2.46. The highest BCUT2D eigenvalue weighted by Gasteiger charge is 2.32. The van der Waals surface area contributed by atoms with Crippen LogP contribution < -0.4 is 10.2 Å². The molecular formula is C21H28N4O3. The third-order valence-electron chi connectivity index (χ3n) is 5.58.